The Hall–Kier alpha value is -1.81. The van der Waals surface area contributed by atoms with Crippen molar-refractivity contribution in [2.45, 2.75) is 88.9 Å². The minimum atomic E-state index is -1.54. The number of ether oxygens (including phenoxy) is 6. The number of hydrogen-bond donors (Lipinski definition) is 1. The first kappa shape index (κ1) is 30.7. The summed E-state index contributed by atoms with van der Waals surface area (Å²) in [5.74, 6) is -3.30. The Kier molecular flexibility index (Phi) is 11.3. The number of aliphatic hydroxyl groups is 1. The van der Waals surface area contributed by atoms with Crippen molar-refractivity contribution in [3.05, 3.63) is 48.0 Å². The van der Waals surface area contributed by atoms with Gasteiger partial charge in [-0.25, -0.2) is 0 Å². The summed E-state index contributed by atoms with van der Waals surface area (Å²) >= 11 is 0. The Labute approximate surface area is 227 Å². The largest absolute Gasteiger partial charge is 0.457 e. The van der Waals surface area contributed by atoms with Crippen LogP contribution in [0.15, 0.2) is 42.5 Å². The second-order valence-corrected chi connectivity index (χ2v) is 10.6. The third-order valence-corrected chi connectivity index (χ3v) is 8.31. The van der Waals surface area contributed by atoms with Gasteiger partial charge >= 0.3 is 5.97 Å². The average Bonchev–Trinajstić information content (AvgIpc) is 2.94. The molecule has 0 spiro atoms. The Balaban J connectivity index is 2.05. The smallest absolute Gasteiger partial charge is 0.314 e. The fourth-order valence-corrected chi connectivity index (χ4v) is 5.88. The number of methoxy groups -OCH3 is 4. The van der Waals surface area contributed by atoms with E-state index in [1.54, 1.807) is 21.1 Å². The molecular formula is C30H46O8. The van der Waals surface area contributed by atoms with Crippen molar-refractivity contribution in [2.24, 2.45) is 17.8 Å². The van der Waals surface area contributed by atoms with Gasteiger partial charge in [-0.1, -0.05) is 62.8 Å². The number of hydrogen-bond acceptors (Lipinski definition) is 8. The SMILES string of the molecule is COC1CCCC[C@@H](c2ccccc2)OC(=O)[C@@H](C)[C@@]2(OC)O[C@H]([C@@H](C)[C@H](O)[C@H]2OC)[C@@H](C)/C=C/[C@H]1OC. The molecule has 2 heterocycles. The normalized spacial score (nSPS) is 40.3. The van der Waals surface area contributed by atoms with Gasteiger partial charge in [-0.2, -0.15) is 0 Å². The minimum absolute atomic E-state index is 0.125. The van der Waals surface area contributed by atoms with E-state index >= 15 is 0 Å². The minimum Gasteiger partial charge on any atom is -0.457 e. The fraction of sp³-hybridized carbons (Fsp3) is 0.700. The summed E-state index contributed by atoms with van der Waals surface area (Å²) in [7, 11) is 6.35. The molecule has 10 atom stereocenters. The zero-order valence-electron chi connectivity index (χ0n) is 23.9. The molecule has 2 bridgehead atoms. The van der Waals surface area contributed by atoms with E-state index in [-0.39, 0.29) is 24.0 Å². The zero-order chi connectivity index (χ0) is 27.9. The van der Waals surface area contributed by atoms with Crippen LogP contribution in [0.1, 0.15) is 58.1 Å². The van der Waals surface area contributed by atoms with Gasteiger partial charge in [-0.15, -0.1) is 0 Å². The second kappa shape index (κ2) is 14.0. The van der Waals surface area contributed by atoms with E-state index in [4.69, 9.17) is 28.4 Å². The highest BCUT2D eigenvalue weighted by Crippen LogP contribution is 2.43. The van der Waals surface area contributed by atoms with Gasteiger partial charge in [0.2, 0.25) is 5.79 Å². The molecule has 0 amide bonds. The molecule has 38 heavy (non-hydrogen) atoms. The second-order valence-electron chi connectivity index (χ2n) is 10.6. The van der Waals surface area contributed by atoms with Gasteiger partial charge in [-0.05, 0) is 31.7 Å². The first-order valence-electron chi connectivity index (χ1n) is 13.7. The maximum Gasteiger partial charge on any atom is 0.314 e. The molecule has 3 rings (SSSR count). The van der Waals surface area contributed by atoms with E-state index in [9.17, 15) is 9.90 Å². The van der Waals surface area contributed by atoms with Crippen molar-refractivity contribution in [1.29, 1.82) is 0 Å². The summed E-state index contributed by atoms with van der Waals surface area (Å²) in [4.78, 5) is 13.7. The zero-order valence-corrected chi connectivity index (χ0v) is 23.9. The lowest BCUT2D eigenvalue weighted by atomic mass is 9.77. The van der Waals surface area contributed by atoms with E-state index in [0.717, 1.165) is 24.8 Å². The highest BCUT2D eigenvalue weighted by atomic mass is 16.7. The third kappa shape index (κ3) is 6.49. The fourth-order valence-electron chi connectivity index (χ4n) is 5.88. The van der Waals surface area contributed by atoms with Crippen molar-refractivity contribution in [1.82, 2.24) is 0 Å². The van der Waals surface area contributed by atoms with Gasteiger partial charge in [0.25, 0.3) is 0 Å². The van der Waals surface area contributed by atoms with E-state index < -0.39 is 42.1 Å². The van der Waals surface area contributed by atoms with E-state index in [1.165, 1.54) is 14.2 Å². The first-order chi connectivity index (χ1) is 18.2. The number of carbonyl (C=O) groups excluding carboxylic acids is 1. The number of rotatable bonds is 5. The summed E-state index contributed by atoms with van der Waals surface area (Å²) in [5, 5.41) is 11.4. The lowest BCUT2D eigenvalue weighted by Crippen LogP contribution is -2.67. The maximum atomic E-state index is 13.7. The van der Waals surface area contributed by atoms with Gasteiger partial charge in [0.05, 0.1) is 18.3 Å². The summed E-state index contributed by atoms with van der Waals surface area (Å²) < 4.78 is 36.0. The van der Waals surface area contributed by atoms with Crippen LogP contribution >= 0.6 is 0 Å². The molecule has 2 aliphatic heterocycles. The van der Waals surface area contributed by atoms with Crippen LogP contribution in [0.5, 0.6) is 0 Å². The van der Waals surface area contributed by atoms with Gasteiger partial charge in [-0.3, -0.25) is 4.79 Å². The van der Waals surface area contributed by atoms with Crippen LogP contribution in [-0.2, 0) is 33.2 Å². The number of esters is 1. The number of aliphatic hydroxyl groups excluding tert-OH is 1. The molecule has 0 radical (unpaired) electrons. The summed E-state index contributed by atoms with van der Waals surface area (Å²) in [6, 6.07) is 9.75. The molecule has 0 aromatic heterocycles. The Morgan fingerprint density at radius 1 is 0.921 bits per heavy atom. The van der Waals surface area contributed by atoms with Crippen molar-refractivity contribution >= 4 is 5.97 Å². The van der Waals surface area contributed by atoms with Crippen LogP contribution in [0.4, 0.5) is 0 Å². The molecule has 1 aromatic carbocycles. The Morgan fingerprint density at radius 2 is 1.61 bits per heavy atom. The van der Waals surface area contributed by atoms with Crippen molar-refractivity contribution in [3.8, 4) is 0 Å². The van der Waals surface area contributed by atoms with Crippen LogP contribution in [0.25, 0.3) is 0 Å². The van der Waals surface area contributed by atoms with Crippen molar-refractivity contribution in [3.63, 3.8) is 0 Å². The third-order valence-electron chi connectivity index (χ3n) is 8.31. The first-order valence-corrected chi connectivity index (χ1v) is 13.7. The standard InChI is InChI=1S/C30H46O8/c1-19-17-18-25(34-5)24(33-4)16-12-11-15-23(22-13-9-8-10-14-22)37-29(32)21(3)30(36-7)28(35-6)26(31)20(2)27(19)38-30/h8-10,13-14,17-21,23-28,31H,11-12,15-16H2,1-7H3/b18-17+/t19-,20-,21+,23-,24?,25+,26-,27-,28+,30+/m0/s1. The molecular weight excluding hydrogens is 488 g/mol. The summed E-state index contributed by atoms with van der Waals surface area (Å²) in [5.41, 5.74) is 0.926. The quantitative estimate of drug-likeness (QED) is 0.437. The van der Waals surface area contributed by atoms with E-state index in [1.807, 2.05) is 56.3 Å². The predicted octanol–water partition coefficient (Wildman–Crippen LogP) is 4.46. The topological polar surface area (TPSA) is 92.7 Å². The molecule has 1 fully saturated rings. The van der Waals surface area contributed by atoms with Crippen LogP contribution in [0.2, 0.25) is 0 Å². The lowest BCUT2D eigenvalue weighted by molar-refractivity contribution is -0.368. The number of fused-ring (bicyclic) bond motifs is 2. The monoisotopic (exact) mass is 534 g/mol. The van der Waals surface area contributed by atoms with Gasteiger partial charge in [0.15, 0.2) is 0 Å². The van der Waals surface area contributed by atoms with Crippen LogP contribution in [0, 0.1) is 17.8 Å². The van der Waals surface area contributed by atoms with Gasteiger partial charge in [0.1, 0.15) is 24.2 Å². The van der Waals surface area contributed by atoms with Gasteiger partial charge in [0, 0.05) is 40.3 Å². The lowest BCUT2D eigenvalue weighted by Gasteiger charge is -2.52. The van der Waals surface area contributed by atoms with E-state index in [0.29, 0.717) is 6.42 Å². The molecule has 8 nitrogen and oxygen atoms in total. The van der Waals surface area contributed by atoms with Crippen molar-refractivity contribution < 1.29 is 38.3 Å². The molecule has 0 aliphatic carbocycles. The Bertz CT molecular complexity index is 891. The molecule has 8 heteroatoms. The number of carbonyl (C=O) groups is 1. The van der Waals surface area contributed by atoms with Crippen molar-refractivity contribution in [2.75, 3.05) is 28.4 Å². The highest BCUT2D eigenvalue weighted by Gasteiger charge is 2.59. The van der Waals surface area contributed by atoms with Crippen LogP contribution < -0.4 is 0 Å². The molecule has 1 saturated heterocycles. The highest BCUT2D eigenvalue weighted by molar-refractivity contribution is 5.73. The predicted molar refractivity (Wildman–Crippen MR) is 143 cm³/mol. The maximum absolute atomic E-state index is 13.7. The number of benzene rings is 1. The molecule has 1 unspecified atom stereocenters. The average molecular weight is 535 g/mol. The van der Waals surface area contributed by atoms with Gasteiger partial charge < -0.3 is 33.5 Å². The molecule has 1 aromatic rings. The molecule has 2 aliphatic rings. The summed E-state index contributed by atoms with van der Waals surface area (Å²) in [6.45, 7) is 5.65. The summed E-state index contributed by atoms with van der Waals surface area (Å²) in [6.07, 6.45) is 4.14. The van der Waals surface area contributed by atoms with Crippen LogP contribution in [0.3, 0.4) is 0 Å². The number of cyclic esters (lactones) is 1. The van der Waals surface area contributed by atoms with Crippen LogP contribution in [-0.4, -0.2) is 75.8 Å². The van der Waals surface area contributed by atoms with E-state index in [2.05, 4.69) is 0 Å². The molecule has 214 valence electrons. The Morgan fingerprint density at radius 3 is 2.21 bits per heavy atom. The molecule has 0 saturated carbocycles. The molecule has 1 N–H and O–H groups in total.